The Hall–Kier alpha value is -2.18. The molecule has 16 heavy (non-hydrogen) atoms. The Morgan fingerprint density at radius 3 is 2.38 bits per heavy atom. The maximum Gasteiger partial charge on any atom is 0.332 e. The lowest BCUT2D eigenvalue weighted by Gasteiger charge is -2.07. The summed E-state index contributed by atoms with van der Waals surface area (Å²) in [5.74, 6) is -1.60. The summed E-state index contributed by atoms with van der Waals surface area (Å²) in [7, 11) is 2.73. The summed E-state index contributed by atoms with van der Waals surface area (Å²) in [6, 6.07) is 0. The molecule has 1 aromatic rings. The fourth-order valence-electron chi connectivity index (χ4n) is 1.76. The van der Waals surface area contributed by atoms with Crippen molar-refractivity contribution in [3.8, 4) is 0 Å². The third-order valence-corrected chi connectivity index (χ3v) is 2.67. The Morgan fingerprint density at radius 2 is 1.81 bits per heavy atom. The lowest BCUT2D eigenvalue weighted by molar-refractivity contribution is -0.121. The number of nitrogens with one attached hydrogen (secondary N) is 1. The normalized spacial score (nSPS) is 18.1. The van der Waals surface area contributed by atoms with Gasteiger partial charge in [-0.25, -0.2) is 4.79 Å². The number of aromatic nitrogens is 2. The van der Waals surface area contributed by atoms with Crippen LogP contribution in [0.3, 0.4) is 0 Å². The predicted molar refractivity (Wildman–Crippen MR) is 54.4 cm³/mol. The zero-order chi connectivity index (χ0) is 12.0. The van der Waals surface area contributed by atoms with Crippen molar-refractivity contribution in [2.24, 2.45) is 14.1 Å². The highest BCUT2D eigenvalue weighted by molar-refractivity contribution is 6.10. The van der Waals surface area contributed by atoms with Crippen LogP contribution in [-0.2, 0) is 23.7 Å². The molecule has 0 unspecified atom stereocenters. The Morgan fingerprint density at radius 1 is 1.19 bits per heavy atom. The van der Waals surface area contributed by atoms with Crippen molar-refractivity contribution < 1.29 is 9.59 Å². The van der Waals surface area contributed by atoms with Gasteiger partial charge in [-0.3, -0.25) is 18.7 Å². The van der Waals surface area contributed by atoms with E-state index in [1.165, 1.54) is 14.1 Å². The molecule has 84 valence electrons. The quantitative estimate of drug-likeness (QED) is 0.454. The van der Waals surface area contributed by atoms with Gasteiger partial charge >= 0.3 is 5.69 Å². The van der Waals surface area contributed by atoms with Crippen molar-refractivity contribution in [1.29, 1.82) is 0 Å². The molecule has 1 atom stereocenters. The number of hydrogen-bond donors (Lipinski definition) is 1. The molecule has 0 aromatic carbocycles. The zero-order valence-corrected chi connectivity index (χ0v) is 8.68. The van der Waals surface area contributed by atoms with E-state index in [9.17, 15) is 19.2 Å². The monoisotopic (exact) mass is 223 g/mol. The minimum Gasteiger partial charge on any atom is -0.311 e. The Bertz CT molecular complexity index is 610. The topological polar surface area (TPSA) is 90.2 Å². The molecular weight excluding hydrogens is 214 g/mol. The molecule has 1 aliphatic rings. The summed E-state index contributed by atoms with van der Waals surface area (Å²) in [5.41, 5.74) is -1.13. The van der Waals surface area contributed by atoms with Crippen LogP contribution in [0.5, 0.6) is 0 Å². The molecule has 1 aromatic heterocycles. The summed E-state index contributed by atoms with van der Waals surface area (Å²) in [4.78, 5) is 45.4. The number of fused-ring (bicyclic) bond motifs is 1. The maximum atomic E-state index is 11.7. The van der Waals surface area contributed by atoms with Crippen LogP contribution >= 0.6 is 0 Å². The molecule has 2 heterocycles. The molecular formula is C9H9N3O4. The fourth-order valence-corrected chi connectivity index (χ4v) is 1.76. The van der Waals surface area contributed by atoms with Gasteiger partial charge in [0, 0.05) is 14.1 Å². The van der Waals surface area contributed by atoms with Crippen molar-refractivity contribution >= 4 is 18.0 Å². The SMILES string of the molecule is Cn1c2c(c(=O)n(C)c1=O)[C@@H](C=O)C(=O)N2. The predicted octanol–water partition coefficient (Wildman–Crippen LogP) is -1.68. The first kappa shape index (κ1) is 10.3. The van der Waals surface area contributed by atoms with E-state index in [0.717, 1.165) is 9.13 Å². The maximum absolute atomic E-state index is 11.7. The van der Waals surface area contributed by atoms with Crippen LogP contribution < -0.4 is 16.6 Å². The third-order valence-electron chi connectivity index (χ3n) is 2.67. The Labute approximate surface area is 89.3 Å². The molecule has 0 saturated carbocycles. The number of amides is 1. The summed E-state index contributed by atoms with van der Waals surface area (Å²) < 4.78 is 2.01. The van der Waals surface area contributed by atoms with E-state index >= 15 is 0 Å². The molecule has 1 amide bonds. The summed E-state index contributed by atoms with van der Waals surface area (Å²) >= 11 is 0. The van der Waals surface area contributed by atoms with Gasteiger partial charge in [0.25, 0.3) is 5.56 Å². The first-order valence-corrected chi connectivity index (χ1v) is 4.55. The van der Waals surface area contributed by atoms with E-state index < -0.39 is 23.1 Å². The number of hydrogen-bond acceptors (Lipinski definition) is 4. The highest BCUT2D eigenvalue weighted by atomic mass is 16.2. The minimum absolute atomic E-state index is 0.0320. The summed E-state index contributed by atoms with van der Waals surface area (Å²) in [6.07, 6.45) is 0.396. The fraction of sp³-hybridized carbons (Fsp3) is 0.333. The van der Waals surface area contributed by atoms with Crippen LogP contribution in [0.25, 0.3) is 0 Å². The summed E-state index contributed by atoms with van der Waals surface area (Å²) in [5, 5.41) is 2.36. The molecule has 0 saturated heterocycles. The van der Waals surface area contributed by atoms with Gasteiger partial charge in [-0.05, 0) is 0 Å². The Balaban J connectivity index is 2.92. The molecule has 7 nitrogen and oxygen atoms in total. The molecule has 7 heteroatoms. The number of carbonyl (C=O) groups is 2. The lowest BCUT2D eigenvalue weighted by Crippen LogP contribution is -2.39. The second kappa shape index (κ2) is 3.16. The van der Waals surface area contributed by atoms with E-state index in [-0.39, 0.29) is 11.4 Å². The van der Waals surface area contributed by atoms with Crippen molar-refractivity contribution in [2.45, 2.75) is 5.92 Å². The van der Waals surface area contributed by atoms with E-state index in [0.29, 0.717) is 6.29 Å². The molecule has 0 spiro atoms. The first-order valence-electron chi connectivity index (χ1n) is 4.55. The van der Waals surface area contributed by atoms with E-state index in [4.69, 9.17) is 0 Å². The number of anilines is 1. The van der Waals surface area contributed by atoms with E-state index in [2.05, 4.69) is 5.32 Å². The molecule has 0 aliphatic carbocycles. The van der Waals surface area contributed by atoms with Gasteiger partial charge in [0.2, 0.25) is 5.91 Å². The Kier molecular flexibility index (Phi) is 2.04. The largest absolute Gasteiger partial charge is 0.332 e. The summed E-state index contributed by atoms with van der Waals surface area (Å²) in [6.45, 7) is 0. The van der Waals surface area contributed by atoms with Crippen molar-refractivity contribution in [3.05, 3.63) is 26.4 Å². The number of rotatable bonds is 1. The van der Waals surface area contributed by atoms with E-state index in [1.54, 1.807) is 0 Å². The minimum atomic E-state index is -1.12. The number of carbonyl (C=O) groups excluding carboxylic acids is 2. The van der Waals surface area contributed by atoms with Crippen molar-refractivity contribution in [1.82, 2.24) is 9.13 Å². The van der Waals surface area contributed by atoms with Crippen LogP contribution in [0.4, 0.5) is 5.82 Å². The number of aldehydes is 1. The highest BCUT2D eigenvalue weighted by Crippen LogP contribution is 2.25. The molecule has 2 rings (SSSR count). The standard InChI is InChI=1S/C9H9N3O4/c1-11-6-5(4(3-13)7(14)10-6)8(15)12(2)9(11)16/h3-4H,1-2H3,(H,10,14)/t4-/m1/s1. The van der Waals surface area contributed by atoms with Crippen LogP contribution in [0.1, 0.15) is 11.5 Å². The highest BCUT2D eigenvalue weighted by Gasteiger charge is 2.35. The van der Waals surface area contributed by atoms with E-state index in [1.807, 2.05) is 0 Å². The van der Waals surface area contributed by atoms with Crippen LogP contribution in [0.2, 0.25) is 0 Å². The van der Waals surface area contributed by atoms with Gasteiger partial charge in [-0.1, -0.05) is 0 Å². The second-order valence-electron chi connectivity index (χ2n) is 3.57. The molecule has 0 fully saturated rings. The lowest BCUT2D eigenvalue weighted by atomic mass is 10.1. The van der Waals surface area contributed by atoms with Gasteiger partial charge in [0.05, 0.1) is 5.56 Å². The van der Waals surface area contributed by atoms with Gasteiger partial charge in [0.1, 0.15) is 18.0 Å². The van der Waals surface area contributed by atoms with Crippen molar-refractivity contribution in [2.75, 3.05) is 5.32 Å². The third kappa shape index (κ3) is 1.08. The van der Waals surface area contributed by atoms with Crippen LogP contribution in [-0.4, -0.2) is 21.3 Å². The average Bonchev–Trinajstić information content (AvgIpc) is 2.60. The molecule has 0 bridgehead atoms. The van der Waals surface area contributed by atoms with Gasteiger partial charge in [-0.15, -0.1) is 0 Å². The smallest absolute Gasteiger partial charge is 0.311 e. The number of nitrogens with zero attached hydrogens (tertiary/aromatic N) is 2. The van der Waals surface area contributed by atoms with Crippen LogP contribution in [0, 0.1) is 0 Å². The van der Waals surface area contributed by atoms with Crippen LogP contribution in [0.15, 0.2) is 9.59 Å². The second-order valence-corrected chi connectivity index (χ2v) is 3.57. The molecule has 1 aliphatic heterocycles. The van der Waals surface area contributed by atoms with Gasteiger partial charge in [0.15, 0.2) is 0 Å². The molecule has 0 radical (unpaired) electrons. The van der Waals surface area contributed by atoms with Gasteiger partial charge in [-0.2, -0.15) is 0 Å². The van der Waals surface area contributed by atoms with Crippen molar-refractivity contribution in [3.63, 3.8) is 0 Å². The van der Waals surface area contributed by atoms with Gasteiger partial charge < -0.3 is 10.1 Å². The molecule has 1 N–H and O–H groups in total. The average molecular weight is 223 g/mol. The zero-order valence-electron chi connectivity index (χ0n) is 8.68. The first-order chi connectivity index (χ1) is 7.49.